The van der Waals surface area contributed by atoms with E-state index < -0.39 is 0 Å². The van der Waals surface area contributed by atoms with Crippen LogP contribution in [0.2, 0.25) is 0 Å². The minimum absolute atomic E-state index is 0.316. The van der Waals surface area contributed by atoms with E-state index in [1.54, 1.807) is 0 Å². The van der Waals surface area contributed by atoms with Crippen LogP contribution in [0.25, 0.3) is 6.08 Å². The van der Waals surface area contributed by atoms with Gasteiger partial charge in [-0.1, -0.05) is 69.7 Å². The van der Waals surface area contributed by atoms with Gasteiger partial charge in [0.1, 0.15) is 18.5 Å². The molecule has 0 spiro atoms. The Morgan fingerprint density at radius 3 is 2.68 bits per heavy atom. The molecule has 0 aromatic heterocycles. The molecule has 1 unspecified atom stereocenters. The minimum atomic E-state index is 0.316. The third-order valence-electron chi connectivity index (χ3n) is 3.98. The molecule has 1 heterocycles. The summed E-state index contributed by atoms with van der Waals surface area (Å²) in [5, 5.41) is 0. The lowest BCUT2D eigenvalue weighted by molar-refractivity contribution is 0.263. The van der Waals surface area contributed by atoms with Crippen LogP contribution in [0.5, 0.6) is 5.75 Å². The largest absolute Gasteiger partial charge is 0.491 e. The normalized spacial score (nSPS) is 17.0. The summed E-state index contributed by atoms with van der Waals surface area (Å²) in [7, 11) is 0. The summed E-state index contributed by atoms with van der Waals surface area (Å²) in [5.74, 6) is 0.938. The second-order valence-corrected chi connectivity index (χ2v) is 6.15. The van der Waals surface area contributed by atoms with Gasteiger partial charge in [-0.3, -0.25) is 0 Å². The van der Waals surface area contributed by atoms with Crippen molar-refractivity contribution in [3.8, 4) is 5.75 Å². The molecule has 1 fully saturated rings. The van der Waals surface area contributed by atoms with E-state index in [-0.39, 0.29) is 0 Å². The van der Waals surface area contributed by atoms with Gasteiger partial charge in [0.15, 0.2) is 0 Å². The van der Waals surface area contributed by atoms with Gasteiger partial charge in [0.25, 0.3) is 0 Å². The molecule has 1 aliphatic heterocycles. The standard InChI is InChI=1S/C20H30O2/c1-2-3-4-5-6-7-8-9-10-12-18-13-11-14-19(15-18)21-16-20-17-22-20/h10-15,20H,2-9,16-17H2,1H3/b12-10+. The molecule has 0 saturated carbocycles. The fraction of sp³-hybridized carbons (Fsp3) is 0.600. The summed E-state index contributed by atoms with van der Waals surface area (Å²) in [5.41, 5.74) is 1.22. The Bertz CT molecular complexity index is 435. The average molecular weight is 302 g/mol. The van der Waals surface area contributed by atoms with Crippen LogP contribution < -0.4 is 4.74 Å². The van der Waals surface area contributed by atoms with Gasteiger partial charge in [-0.05, 0) is 30.5 Å². The first-order chi connectivity index (χ1) is 10.9. The van der Waals surface area contributed by atoms with Gasteiger partial charge in [0, 0.05) is 0 Å². The molecule has 22 heavy (non-hydrogen) atoms. The maximum atomic E-state index is 5.70. The van der Waals surface area contributed by atoms with Crippen molar-refractivity contribution < 1.29 is 9.47 Å². The molecule has 0 aliphatic carbocycles. The number of rotatable bonds is 12. The Hall–Kier alpha value is -1.28. The number of allylic oxidation sites excluding steroid dienone is 1. The van der Waals surface area contributed by atoms with Crippen LogP contribution in [0.1, 0.15) is 63.9 Å². The Balaban J connectivity index is 1.57. The number of unbranched alkanes of at least 4 members (excludes halogenated alkanes) is 7. The first-order valence-electron chi connectivity index (χ1n) is 8.89. The number of ether oxygens (including phenoxy) is 2. The summed E-state index contributed by atoms with van der Waals surface area (Å²) < 4.78 is 10.9. The SMILES string of the molecule is CCCCCCCCC/C=C/c1cccc(OCC2CO2)c1. The van der Waals surface area contributed by atoms with Crippen LogP contribution in [-0.4, -0.2) is 19.3 Å². The molecule has 0 bridgehead atoms. The number of hydrogen-bond acceptors (Lipinski definition) is 2. The first kappa shape index (κ1) is 17.1. The smallest absolute Gasteiger partial charge is 0.120 e. The van der Waals surface area contributed by atoms with Crippen LogP contribution in [0.4, 0.5) is 0 Å². The molecular weight excluding hydrogens is 272 g/mol. The second-order valence-electron chi connectivity index (χ2n) is 6.15. The maximum Gasteiger partial charge on any atom is 0.120 e. The maximum absolute atomic E-state index is 5.70. The highest BCUT2D eigenvalue weighted by Crippen LogP contribution is 2.18. The van der Waals surface area contributed by atoms with Crippen molar-refractivity contribution in [1.29, 1.82) is 0 Å². The minimum Gasteiger partial charge on any atom is -0.491 e. The van der Waals surface area contributed by atoms with E-state index in [1.807, 2.05) is 6.07 Å². The van der Waals surface area contributed by atoms with Crippen LogP contribution in [0.15, 0.2) is 30.3 Å². The molecule has 1 saturated heterocycles. The molecular formula is C20H30O2. The summed E-state index contributed by atoms with van der Waals surface area (Å²) in [6.45, 7) is 3.79. The second kappa shape index (κ2) is 10.4. The predicted octanol–water partition coefficient (Wildman–Crippen LogP) is 5.62. The van der Waals surface area contributed by atoms with E-state index in [0.717, 1.165) is 12.4 Å². The van der Waals surface area contributed by atoms with Crippen LogP contribution in [0.3, 0.4) is 0 Å². The van der Waals surface area contributed by atoms with Crippen molar-refractivity contribution in [2.24, 2.45) is 0 Å². The van der Waals surface area contributed by atoms with Gasteiger partial charge in [-0.2, -0.15) is 0 Å². The van der Waals surface area contributed by atoms with E-state index in [4.69, 9.17) is 9.47 Å². The van der Waals surface area contributed by atoms with E-state index in [1.165, 1.54) is 56.9 Å². The molecule has 1 aliphatic rings. The van der Waals surface area contributed by atoms with Crippen molar-refractivity contribution in [2.45, 2.75) is 64.4 Å². The topological polar surface area (TPSA) is 21.8 Å². The molecule has 2 heteroatoms. The zero-order valence-corrected chi connectivity index (χ0v) is 13.9. The first-order valence-corrected chi connectivity index (χ1v) is 8.89. The Morgan fingerprint density at radius 2 is 1.91 bits per heavy atom. The zero-order valence-electron chi connectivity index (χ0n) is 13.9. The van der Waals surface area contributed by atoms with E-state index in [2.05, 4.69) is 37.3 Å². The van der Waals surface area contributed by atoms with Crippen molar-refractivity contribution in [2.75, 3.05) is 13.2 Å². The van der Waals surface area contributed by atoms with Gasteiger partial charge in [0.2, 0.25) is 0 Å². The number of benzene rings is 1. The zero-order chi connectivity index (χ0) is 15.5. The van der Waals surface area contributed by atoms with Gasteiger partial charge in [-0.25, -0.2) is 0 Å². The monoisotopic (exact) mass is 302 g/mol. The molecule has 122 valence electrons. The third-order valence-corrected chi connectivity index (χ3v) is 3.98. The van der Waals surface area contributed by atoms with E-state index in [9.17, 15) is 0 Å². The van der Waals surface area contributed by atoms with Crippen molar-refractivity contribution in [1.82, 2.24) is 0 Å². The predicted molar refractivity (Wildman–Crippen MR) is 93.3 cm³/mol. The summed E-state index contributed by atoms with van der Waals surface area (Å²) in [4.78, 5) is 0. The Labute approximate surface area is 135 Å². The fourth-order valence-electron chi connectivity index (χ4n) is 2.50. The lowest BCUT2D eigenvalue weighted by Crippen LogP contribution is -2.03. The highest BCUT2D eigenvalue weighted by Gasteiger charge is 2.22. The summed E-state index contributed by atoms with van der Waals surface area (Å²) >= 11 is 0. The van der Waals surface area contributed by atoms with Crippen molar-refractivity contribution >= 4 is 6.08 Å². The molecule has 2 rings (SSSR count). The van der Waals surface area contributed by atoms with Gasteiger partial charge in [0.05, 0.1) is 6.61 Å². The molecule has 0 radical (unpaired) electrons. The lowest BCUT2D eigenvalue weighted by atomic mass is 10.1. The van der Waals surface area contributed by atoms with Gasteiger partial charge < -0.3 is 9.47 Å². The van der Waals surface area contributed by atoms with Crippen molar-refractivity contribution in [3.05, 3.63) is 35.9 Å². The van der Waals surface area contributed by atoms with E-state index in [0.29, 0.717) is 12.7 Å². The molecule has 1 aromatic carbocycles. The summed E-state index contributed by atoms with van der Waals surface area (Å²) in [6, 6.07) is 8.29. The molecule has 2 nitrogen and oxygen atoms in total. The van der Waals surface area contributed by atoms with Crippen molar-refractivity contribution in [3.63, 3.8) is 0 Å². The lowest BCUT2D eigenvalue weighted by Gasteiger charge is -2.04. The average Bonchev–Trinajstić information content (AvgIpc) is 3.36. The highest BCUT2D eigenvalue weighted by atomic mass is 16.6. The molecule has 0 N–H and O–H groups in total. The van der Waals surface area contributed by atoms with Crippen LogP contribution in [-0.2, 0) is 4.74 Å². The van der Waals surface area contributed by atoms with E-state index >= 15 is 0 Å². The fourth-order valence-corrected chi connectivity index (χ4v) is 2.50. The third kappa shape index (κ3) is 7.65. The highest BCUT2D eigenvalue weighted by molar-refractivity contribution is 5.51. The number of hydrogen-bond donors (Lipinski definition) is 0. The quantitative estimate of drug-likeness (QED) is 0.369. The Morgan fingerprint density at radius 1 is 1.14 bits per heavy atom. The van der Waals surface area contributed by atoms with Gasteiger partial charge >= 0.3 is 0 Å². The summed E-state index contributed by atoms with van der Waals surface area (Å²) in [6.07, 6.45) is 15.6. The van der Waals surface area contributed by atoms with Gasteiger partial charge in [-0.15, -0.1) is 0 Å². The van der Waals surface area contributed by atoms with Crippen LogP contribution in [0, 0.1) is 0 Å². The Kier molecular flexibility index (Phi) is 8.11. The molecule has 1 aromatic rings. The molecule has 0 amide bonds. The molecule has 1 atom stereocenters. The number of epoxide rings is 1. The van der Waals surface area contributed by atoms with Crippen LogP contribution >= 0.6 is 0 Å².